The van der Waals surface area contributed by atoms with E-state index in [1.165, 1.54) is 29.2 Å². The average molecular weight is 526 g/mol. The Balaban J connectivity index is 1.53. The summed E-state index contributed by atoms with van der Waals surface area (Å²) in [4.78, 5) is 52.2. The fourth-order valence-corrected chi connectivity index (χ4v) is 5.28. The van der Waals surface area contributed by atoms with Gasteiger partial charge >= 0.3 is 0 Å². The molecule has 194 valence electrons. The SMILES string of the molecule is NC(=O)[C@H](C[C@@H]1CCCC1=O)NC(=O)C1C[C@@H](c2ccccc2)CN1C(=O)/C=C/c1ccc(Cl)cc1F. The van der Waals surface area contributed by atoms with Crippen molar-refractivity contribution in [1.82, 2.24) is 10.2 Å². The minimum atomic E-state index is -1.01. The molecule has 3 amide bonds. The molecule has 1 unspecified atom stereocenters. The van der Waals surface area contributed by atoms with Gasteiger partial charge in [0.25, 0.3) is 0 Å². The first-order valence-corrected chi connectivity index (χ1v) is 12.7. The molecule has 37 heavy (non-hydrogen) atoms. The van der Waals surface area contributed by atoms with Gasteiger partial charge in [-0.05, 0) is 49.5 Å². The molecule has 4 atom stereocenters. The smallest absolute Gasteiger partial charge is 0.247 e. The van der Waals surface area contributed by atoms with Crippen molar-refractivity contribution in [3.8, 4) is 0 Å². The highest BCUT2D eigenvalue weighted by Gasteiger charge is 2.41. The largest absolute Gasteiger partial charge is 0.368 e. The molecule has 2 aromatic rings. The first-order valence-electron chi connectivity index (χ1n) is 12.3. The first-order chi connectivity index (χ1) is 17.7. The van der Waals surface area contributed by atoms with Crippen LogP contribution in [0, 0.1) is 11.7 Å². The van der Waals surface area contributed by atoms with Crippen LogP contribution in [0.3, 0.4) is 0 Å². The number of carbonyl (C=O) groups excluding carboxylic acids is 4. The fraction of sp³-hybridized carbons (Fsp3) is 0.357. The molecule has 1 saturated heterocycles. The van der Waals surface area contributed by atoms with E-state index in [9.17, 15) is 23.6 Å². The van der Waals surface area contributed by atoms with Gasteiger partial charge in [0.1, 0.15) is 23.7 Å². The number of nitrogens with zero attached hydrogens (tertiary/aromatic N) is 1. The van der Waals surface area contributed by atoms with Crippen molar-refractivity contribution in [3.05, 3.63) is 76.6 Å². The number of hydrogen-bond acceptors (Lipinski definition) is 4. The summed E-state index contributed by atoms with van der Waals surface area (Å²) in [6.45, 7) is 0.275. The molecule has 9 heteroatoms. The predicted octanol–water partition coefficient (Wildman–Crippen LogP) is 3.61. The van der Waals surface area contributed by atoms with E-state index in [1.807, 2.05) is 30.3 Å². The van der Waals surface area contributed by atoms with Gasteiger partial charge in [-0.25, -0.2) is 4.39 Å². The van der Waals surface area contributed by atoms with E-state index in [0.29, 0.717) is 19.3 Å². The number of Topliss-reactive ketones (excluding diaryl/α,β-unsaturated/α-hetero) is 1. The first kappa shape index (κ1) is 26.5. The third-order valence-electron chi connectivity index (χ3n) is 7.14. The molecule has 3 N–H and O–H groups in total. The quantitative estimate of drug-likeness (QED) is 0.513. The monoisotopic (exact) mass is 525 g/mol. The Kier molecular flexibility index (Phi) is 8.38. The Morgan fingerprint density at radius 2 is 1.95 bits per heavy atom. The number of hydrogen-bond donors (Lipinski definition) is 2. The summed E-state index contributed by atoms with van der Waals surface area (Å²) in [5.74, 6) is -2.61. The van der Waals surface area contributed by atoms with E-state index in [0.717, 1.165) is 18.1 Å². The molecule has 1 aliphatic carbocycles. The molecular formula is C28H29ClFN3O4. The molecule has 7 nitrogen and oxygen atoms in total. The summed E-state index contributed by atoms with van der Waals surface area (Å²) in [5.41, 5.74) is 6.72. The molecule has 2 aliphatic rings. The number of benzene rings is 2. The summed E-state index contributed by atoms with van der Waals surface area (Å²) < 4.78 is 14.2. The zero-order valence-corrected chi connectivity index (χ0v) is 21.0. The molecule has 0 aromatic heterocycles. The van der Waals surface area contributed by atoms with Gasteiger partial charge in [-0.3, -0.25) is 19.2 Å². The highest BCUT2D eigenvalue weighted by molar-refractivity contribution is 6.30. The van der Waals surface area contributed by atoms with Gasteiger partial charge in [-0.15, -0.1) is 0 Å². The maximum absolute atomic E-state index is 14.2. The topological polar surface area (TPSA) is 110 Å². The van der Waals surface area contributed by atoms with Crippen molar-refractivity contribution in [2.24, 2.45) is 11.7 Å². The lowest BCUT2D eigenvalue weighted by atomic mass is 9.95. The second-order valence-corrected chi connectivity index (χ2v) is 10.0. The lowest BCUT2D eigenvalue weighted by Gasteiger charge is -2.25. The molecule has 2 fully saturated rings. The standard InChI is InChI=1S/C28H29ClFN3O4/c29-21-11-9-18(22(30)15-21)10-12-26(35)33-16-20(17-5-2-1-3-6-17)14-24(33)28(37)32-23(27(31)36)13-19-7-4-8-25(19)34/h1-3,5-6,9-12,15,19-20,23-24H,4,7-8,13-14,16H2,(H2,31,36)(H,32,37)/b12-10+/t19-,20+,23-,24?/m0/s1. The van der Waals surface area contributed by atoms with Crippen LogP contribution in [0.5, 0.6) is 0 Å². The van der Waals surface area contributed by atoms with Crippen LogP contribution in [-0.4, -0.2) is 47.0 Å². The van der Waals surface area contributed by atoms with E-state index >= 15 is 0 Å². The lowest BCUT2D eigenvalue weighted by Crippen LogP contribution is -2.52. The average Bonchev–Trinajstić information content (AvgIpc) is 3.50. The summed E-state index contributed by atoms with van der Waals surface area (Å²) in [6, 6.07) is 11.8. The lowest BCUT2D eigenvalue weighted by molar-refractivity contribution is -0.136. The highest BCUT2D eigenvalue weighted by Crippen LogP contribution is 2.33. The number of likely N-dealkylation sites (tertiary alicyclic amines) is 1. The maximum Gasteiger partial charge on any atom is 0.247 e. The normalized spacial score (nSPS) is 22.4. The van der Waals surface area contributed by atoms with Crippen molar-refractivity contribution in [3.63, 3.8) is 0 Å². The molecule has 4 rings (SSSR count). The predicted molar refractivity (Wildman–Crippen MR) is 138 cm³/mol. The number of nitrogens with one attached hydrogen (secondary N) is 1. The Bertz CT molecular complexity index is 1220. The number of primary amides is 1. The van der Waals surface area contributed by atoms with Crippen molar-refractivity contribution in [2.45, 2.75) is 50.1 Å². The molecular weight excluding hydrogens is 497 g/mol. The van der Waals surface area contributed by atoms with Crippen molar-refractivity contribution >= 4 is 41.2 Å². The van der Waals surface area contributed by atoms with Gasteiger partial charge < -0.3 is 16.0 Å². The summed E-state index contributed by atoms with van der Waals surface area (Å²) in [7, 11) is 0. The van der Waals surface area contributed by atoms with Crippen LogP contribution < -0.4 is 11.1 Å². The molecule has 1 heterocycles. The number of ketones is 1. The van der Waals surface area contributed by atoms with E-state index in [-0.39, 0.29) is 41.2 Å². The van der Waals surface area contributed by atoms with Gasteiger partial charge in [0.05, 0.1) is 0 Å². The minimum absolute atomic E-state index is 0.0712. The Morgan fingerprint density at radius 1 is 1.19 bits per heavy atom. The zero-order chi connectivity index (χ0) is 26.5. The Hall–Kier alpha value is -3.52. The van der Waals surface area contributed by atoms with Crippen LogP contribution in [0.1, 0.15) is 49.1 Å². The highest BCUT2D eigenvalue weighted by atomic mass is 35.5. The van der Waals surface area contributed by atoms with Crippen LogP contribution in [-0.2, 0) is 19.2 Å². The van der Waals surface area contributed by atoms with Crippen LogP contribution in [0.2, 0.25) is 5.02 Å². The van der Waals surface area contributed by atoms with E-state index in [4.69, 9.17) is 17.3 Å². The van der Waals surface area contributed by atoms with Gasteiger partial charge in [-0.2, -0.15) is 0 Å². The Labute approximate surface area is 219 Å². The number of halogens is 2. The fourth-order valence-electron chi connectivity index (χ4n) is 5.12. The third kappa shape index (κ3) is 6.43. The number of rotatable bonds is 8. The molecule has 1 saturated carbocycles. The van der Waals surface area contributed by atoms with Gasteiger partial charge in [-0.1, -0.05) is 48.0 Å². The summed E-state index contributed by atoms with van der Waals surface area (Å²) in [6.07, 6.45) is 4.95. The minimum Gasteiger partial charge on any atom is -0.368 e. The summed E-state index contributed by atoms with van der Waals surface area (Å²) >= 11 is 5.80. The summed E-state index contributed by atoms with van der Waals surface area (Å²) in [5, 5.41) is 2.94. The van der Waals surface area contributed by atoms with Crippen LogP contribution in [0.4, 0.5) is 4.39 Å². The number of amides is 3. The Morgan fingerprint density at radius 3 is 2.59 bits per heavy atom. The number of nitrogens with two attached hydrogens (primary N) is 1. The maximum atomic E-state index is 14.2. The second kappa shape index (κ2) is 11.7. The van der Waals surface area contributed by atoms with Gasteiger partial charge in [0.15, 0.2) is 0 Å². The van der Waals surface area contributed by atoms with Crippen molar-refractivity contribution in [2.75, 3.05) is 6.54 Å². The van der Waals surface area contributed by atoms with Gasteiger partial charge in [0.2, 0.25) is 17.7 Å². The molecule has 1 aliphatic heterocycles. The van der Waals surface area contributed by atoms with E-state index in [1.54, 1.807) is 0 Å². The van der Waals surface area contributed by atoms with Crippen LogP contribution in [0.15, 0.2) is 54.6 Å². The van der Waals surface area contributed by atoms with Gasteiger partial charge in [0, 0.05) is 41.5 Å². The van der Waals surface area contributed by atoms with E-state index < -0.39 is 35.6 Å². The van der Waals surface area contributed by atoms with Crippen molar-refractivity contribution < 1.29 is 23.6 Å². The van der Waals surface area contributed by atoms with Crippen LogP contribution >= 0.6 is 11.6 Å². The molecule has 0 spiro atoms. The van der Waals surface area contributed by atoms with Crippen molar-refractivity contribution in [1.29, 1.82) is 0 Å². The second-order valence-electron chi connectivity index (χ2n) is 9.60. The van der Waals surface area contributed by atoms with E-state index in [2.05, 4.69) is 5.32 Å². The number of carbonyl (C=O) groups is 4. The van der Waals surface area contributed by atoms with Crippen LogP contribution in [0.25, 0.3) is 6.08 Å². The molecule has 0 radical (unpaired) electrons. The third-order valence-corrected chi connectivity index (χ3v) is 7.37. The molecule has 2 aromatic carbocycles. The zero-order valence-electron chi connectivity index (χ0n) is 20.2. The molecule has 0 bridgehead atoms.